The van der Waals surface area contributed by atoms with Crippen LogP contribution in [0.4, 0.5) is 13.2 Å². The Morgan fingerprint density at radius 3 is 2.29 bits per heavy atom. The van der Waals surface area contributed by atoms with Crippen molar-refractivity contribution in [2.75, 3.05) is 13.2 Å². The van der Waals surface area contributed by atoms with Gasteiger partial charge < -0.3 is 14.0 Å². The van der Waals surface area contributed by atoms with Gasteiger partial charge in [0.2, 0.25) is 0 Å². The van der Waals surface area contributed by atoms with E-state index < -0.39 is 30.1 Å². The molecule has 24 heavy (non-hydrogen) atoms. The van der Waals surface area contributed by atoms with Crippen molar-refractivity contribution in [3.8, 4) is 0 Å². The molecule has 1 aromatic heterocycles. The Kier molecular flexibility index (Phi) is 4.21. The van der Waals surface area contributed by atoms with Crippen molar-refractivity contribution < 1.29 is 27.2 Å². The van der Waals surface area contributed by atoms with Gasteiger partial charge in [0.1, 0.15) is 0 Å². The fourth-order valence-electron chi connectivity index (χ4n) is 2.90. The molecule has 1 aromatic rings. The van der Waals surface area contributed by atoms with E-state index in [1.54, 1.807) is 0 Å². The summed E-state index contributed by atoms with van der Waals surface area (Å²) < 4.78 is 57.4. The summed E-state index contributed by atoms with van der Waals surface area (Å²) in [6.45, 7) is 8.16. The number of aromatic nitrogens is 1. The van der Waals surface area contributed by atoms with Gasteiger partial charge in [-0.3, -0.25) is 4.98 Å². The zero-order valence-corrected chi connectivity index (χ0v) is 14.2. The first-order chi connectivity index (χ1) is 11.0. The van der Waals surface area contributed by atoms with Crippen LogP contribution in [0.3, 0.4) is 0 Å². The van der Waals surface area contributed by atoms with Crippen LogP contribution in [-0.2, 0) is 20.2 Å². The van der Waals surface area contributed by atoms with Gasteiger partial charge >= 0.3 is 13.3 Å². The highest BCUT2D eigenvalue weighted by Crippen LogP contribution is 2.39. The van der Waals surface area contributed by atoms with Crippen LogP contribution >= 0.6 is 0 Å². The third kappa shape index (κ3) is 3.07. The standard InChI is InChI=1S/C16H21BF3NO3/c1-14(2)15(3,4)24-17(23-14)11-7-12(16(18,19)20)13(21-8-11)10-5-6-22-9-10/h7-8,10H,5-6,9H2,1-4H3. The van der Waals surface area contributed by atoms with Gasteiger partial charge in [0, 0.05) is 24.2 Å². The first-order valence-electron chi connectivity index (χ1n) is 8.02. The quantitative estimate of drug-likeness (QED) is 0.775. The Labute approximate surface area is 139 Å². The molecule has 1 atom stereocenters. The van der Waals surface area contributed by atoms with Gasteiger partial charge in [-0.2, -0.15) is 13.2 Å². The molecular formula is C16H21BF3NO3. The average Bonchev–Trinajstić information content (AvgIpc) is 3.04. The molecule has 4 nitrogen and oxygen atoms in total. The fraction of sp³-hybridized carbons (Fsp3) is 0.688. The van der Waals surface area contributed by atoms with Crippen LogP contribution in [0.25, 0.3) is 0 Å². The van der Waals surface area contributed by atoms with Crippen molar-refractivity contribution in [2.45, 2.75) is 57.4 Å². The first-order valence-corrected chi connectivity index (χ1v) is 8.02. The van der Waals surface area contributed by atoms with Gasteiger partial charge in [-0.05, 0) is 40.2 Å². The predicted molar refractivity (Wildman–Crippen MR) is 83.1 cm³/mol. The zero-order valence-electron chi connectivity index (χ0n) is 14.2. The van der Waals surface area contributed by atoms with Crippen LogP contribution in [-0.4, -0.2) is 36.5 Å². The van der Waals surface area contributed by atoms with Crippen LogP contribution in [0.1, 0.15) is 51.3 Å². The minimum atomic E-state index is -4.48. The monoisotopic (exact) mass is 343 g/mol. The lowest BCUT2D eigenvalue weighted by Crippen LogP contribution is -2.41. The molecule has 2 aliphatic rings. The van der Waals surface area contributed by atoms with Crippen molar-refractivity contribution in [1.29, 1.82) is 0 Å². The maximum atomic E-state index is 13.5. The third-order valence-corrected chi connectivity index (χ3v) is 5.09. The summed E-state index contributed by atoms with van der Waals surface area (Å²) >= 11 is 0. The molecule has 0 saturated carbocycles. The molecule has 0 radical (unpaired) electrons. The second kappa shape index (κ2) is 5.71. The van der Waals surface area contributed by atoms with Crippen LogP contribution < -0.4 is 5.46 Å². The van der Waals surface area contributed by atoms with Crippen LogP contribution in [0.5, 0.6) is 0 Å². The van der Waals surface area contributed by atoms with Crippen molar-refractivity contribution in [3.05, 3.63) is 23.5 Å². The fourth-order valence-corrected chi connectivity index (χ4v) is 2.90. The van der Waals surface area contributed by atoms with E-state index in [0.29, 0.717) is 13.0 Å². The van der Waals surface area contributed by atoms with E-state index in [-0.39, 0.29) is 23.7 Å². The topological polar surface area (TPSA) is 40.6 Å². The maximum Gasteiger partial charge on any atom is 0.496 e. The lowest BCUT2D eigenvalue weighted by molar-refractivity contribution is -0.138. The second-order valence-corrected chi connectivity index (χ2v) is 7.35. The molecule has 0 bridgehead atoms. The van der Waals surface area contributed by atoms with Gasteiger partial charge in [-0.25, -0.2) is 0 Å². The molecule has 1 unspecified atom stereocenters. The molecule has 3 heterocycles. The molecule has 0 spiro atoms. The molecule has 2 saturated heterocycles. The Morgan fingerprint density at radius 1 is 1.17 bits per heavy atom. The average molecular weight is 343 g/mol. The number of alkyl halides is 3. The minimum Gasteiger partial charge on any atom is -0.399 e. The van der Waals surface area contributed by atoms with Crippen molar-refractivity contribution in [3.63, 3.8) is 0 Å². The van der Waals surface area contributed by atoms with Crippen LogP contribution in [0.2, 0.25) is 0 Å². The number of halogens is 3. The summed E-state index contributed by atoms with van der Waals surface area (Å²) in [6.07, 6.45) is -2.51. The molecule has 0 aliphatic carbocycles. The highest BCUT2D eigenvalue weighted by atomic mass is 19.4. The smallest absolute Gasteiger partial charge is 0.399 e. The molecule has 2 aliphatic heterocycles. The van der Waals surface area contributed by atoms with Gasteiger partial charge in [0.25, 0.3) is 0 Å². The zero-order chi connectivity index (χ0) is 17.8. The number of nitrogens with zero attached hydrogens (tertiary/aromatic N) is 1. The van der Waals surface area contributed by atoms with Crippen LogP contribution in [0.15, 0.2) is 12.3 Å². The Morgan fingerprint density at radius 2 is 1.79 bits per heavy atom. The summed E-state index contributed by atoms with van der Waals surface area (Å²) in [5.41, 5.74) is -1.64. The summed E-state index contributed by atoms with van der Waals surface area (Å²) in [4.78, 5) is 4.11. The van der Waals surface area contributed by atoms with Gasteiger partial charge in [-0.15, -0.1) is 0 Å². The number of ether oxygens (including phenoxy) is 1. The van der Waals surface area contributed by atoms with Crippen molar-refractivity contribution in [1.82, 2.24) is 4.98 Å². The minimum absolute atomic E-state index is 0.0419. The van der Waals surface area contributed by atoms with E-state index in [1.165, 1.54) is 6.20 Å². The highest BCUT2D eigenvalue weighted by Gasteiger charge is 2.52. The SMILES string of the molecule is CC1(C)OB(c2cnc(C3CCOC3)c(C(F)(F)F)c2)OC1(C)C. The van der Waals surface area contributed by atoms with Crippen LogP contribution in [0, 0.1) is 0 Å². The largest absolute Gasteiger partial charge is 0.496 e. The van der Waals surface area contributed by atoms with E-state index >= 15 is 0 Å². The van der Waals surface area contributed by atoms with E-state index in [1.807, 2.05) is 27.7 Å². The molecule has 132 valence electrons. The van der Waals surface area contributed by atoms with Gasteiger partial charge in [0.05, 0.1) is 29.1 Å². The number of hydrogen-bond donors (Lipinski definition) is 0. The molecule has 8 heteroatoms. The lowest BCUT2D eigenvalue weighted by atomic mass is 9.79. The first kappa shape index (κ1) is 17.7. The lowest BCUT2D eigenvalue weighted by Gasteiger charge is -2.32. The predicted octanol–water partition coefficient (Wildman–Crippen LogP) is 2.90. The van der Waals surface area contributed by atoms with E-state index in [9.17, 15) is 13.2 Å². The van der Waals surface area contributed by atoms with Gasteiger partial charge in [0.15, 0.2) is 0 Å². The molecular weight excluding hydrogens is 322 g/mol. The molecule has 0 amide bonds. The number of pyridine rings is 1. The Balaban J connectivity index is 1.97. The Hall–Kier alpha value is -1.12. The summed E-state index contributed by atoms with van der Waals surface area (Å²) in [5.74, 6) is -0.325. The number of hydrogen-bond acceptors (Lipinski definition) is 4. The molecule has 3 rings (SSSR count). The van der Waals surface area contributed by atoms with E-state index in [2.05, 4.69) is 4.98 Å². The Bertz CT molecular complexity index is 611. The normalized spacial score (nSPS) is 26.1. The number of rotatable bonds is 2. The third-order valence-electron chi connectivity index (χ3n) is 5.09. The summed E-state index contributed by atoms with van der Waals surface area (Å²) in [5, 5.41) is 0. The van der Waals surface area contributed by atoms with Crippen molar-refractivity contribution in [2.24, 2.45) is 0 Å². The summed E-state index contributed by atoms with van der Waals surface area (Å²) in [7, 11) is -0.863. The maximum absolute atomic E-state index is 13.5. The van der Waals surface area contributed by atoms with E-state index in [0.717, 1.165) is 6.07 Å². The summed E-state index contributed by atoms with van der Waals surface area (Å²) in [6, 6.07) is 1.10. The second-order valence-electron chi connectivity index (χ2n) is 7.35. The van der Waals surface area contributed by atoms with Gasteiger partial charge in [-0.1, -0.05) is 0 Å². The van der Waals surface area contributed by atoms with E-state index in [4.69, 9.17) is 14.0 Å². The van der Waals surface area contributed by atoms with Crippen molar-refractivity contribution >= 4 is 12.6 Å². The highest BCUT2D eigenvalue weighted by molar-refractivity contribution is 6.62. The molecule has 2 fully saturated rings. The molecule has 0 N–H and O–H groups in total. The molecule has 0 aromatic carbocycles.